The molecule has 0 bridgehead atoms. The third-order valence-corrected chi connectivity index (χ3v) is 8.18. The summed E-state index contributed by atoms with van der Waals surface area (Å²) in [5, 5.41) is 6.97. The Labute approximate surface area is 193 Å². The maximum atomic E-state index is 6.30. The first-order chi connectivity index (χ1) is 15.8. The normalized spacial score (nSPS) is 22.2. The summed E-state index contributed by atoms with van der Waals surface area (Å²) in [7, 11) is 0. The number of hydrogen-bond donors (Lipinski definition) is 2. The molecule has 0 aromatic carbocycles. The van der Waals surface area contributed by atoms with Crippen LogP contribution >= 0.6 is 11.8 Å². The number of nitrogens with one attached hydrogen (secondary N) is 2. The molecule has 0 spiro atoms. The summed E-state index contributed by atoms with van der Waals surface area (Å²) < 4.78 is 6.30. The average molecular weight is 454 g/mol. The zero-order valence-electron chi connectivity index (χ0n) is 18.6. The molecule has 4 aliphatic heterocycles. The molecule has 4 aliphatic rings. The van der Waals surface area contributed by atoms with Crippen LogP contribution in [0.25, 0.3) is 0 Å². The van der Waals surface area contributed by atoms with Crippen LogP contribution in [0.3, 0.4) is 0 Å². The summed E-state index contributed by atoms with van der Waals surface area (Å²) >= 11 is 2.00. The number of thioether (sulfide) groups is 1. The van der Waals surface area contributed by atoms with Crippen molar-refractivity contribution in [3.05, 3.63) is 29.3 Å². The molecule has 6 rings (SSSR count). The molecule has 0 amide bonds. The van der Waals surface area contributed by atoms with Crippen LogP contribution in [-0.4, -0.2) is 76.7 Å². The second-order valence-electron chi connectivity index (χ2n) is 9.17. The quantitative estimate of drug-likeness (QED) is 0.729. The van der Waals surface area contributed by atoms with Gasteiger partial charge in [0.05, 0.1) is 16.9 Å². The van der Waals surface area contributed by atoms with Crippen LogP contribution in [0, 0.1) is 6.92 Å². The summed E-state index contributed by atoms with van der Waals surface area (Å²) in [4.78, 5) is 19.2. The van der Waals surface area contributed by atoms with Crippen molar-refractivity contribution in [1.82, 2.24) is 25.2 Å². The van der Waals surface area contributed by atoms with Crippen molar-refractivity contribution in [2.24, 2.45) is 0 Å². The van der Waals surface area contributed by atoms with E-state index in [1.165, 1.54) is 18.5 Å². The lowest BCUT2D eigenvalue weighted by Crippen LogP contribution is -2.58. The van der Waals surface area contributed by atoms with Gasteiger partial charge in [0, 0.05) is 55.3 Å². The van der Waals surface area contributed by atoms with Gasteiger partial charge in [0.15, 0.2) is 5.75 Å². The second-order valence-corrected chi connectivity index (χ2v) is 10.4. The summed E-state index contributed by atoms with van der Waals surface area (Å²) in [6.07, 6.45) is 4.00. The number of hydrogen-bond acceptors (Lipinski definition) is 9. The van der Waals surface area contributed by atoms with Crippen molar-refractivity contribution in [3.8, 4) is 5.75 Å². The highest BCUT2D eigenvalue weighted by Gasteiger charge is 2.31. The highest BCUT2D eigenvalue weighted by molar-refractivity contribution is 7.99. The first-order valence-electron chi connectivity index (χ1n) is 11.8. The van der Waals surface area contributed by atoms with E-state index in [4.69, 9.17) is 9.72 Å². The molecule has 6 heterocycles. The van der Waals surface area contributed by atoms with E-state index in [1.54, 1.807) is 6.33 Å². The molecule has 2 aromatic rings. The Morgan fingerprint density at radius 3 is 2.66 bits per heavy atom. The van der Waals surface area contributed by atoms with Crippen molar-refractivity contribution < 1.29 is 4.74 Å². The molecule has 0 saturated carbocycles. The number of pyridine rings is 1. The topological polar surface area (TPSA) is 78.4 Å². The lowest BCUT2D eigenvalue weighted by Gasteiger charge is -2.42. The van der Waals surface area contributed by atoms with Gasteiger partial charge in [0.1, 0.15) is 24.6 Å². The molecule has 0 unspecified atom stereocenters. The lowest BCUT2D eigenvalue weighted by molar-refractivity contribution is 0.112. The highest BCUT2D eigenvalue weighted by Crippen LogP contribution is 2.40. The van der Waals surface area contributed by atoms with E-state index in [2.05, 4.69) is 43.4 Å². The van der Waals surface area contributed by atoms with Crippen molar-refractivity contribution in [2.75, 3.05) is 61.0 Å². The predicted octanol–water partition coefficient (Wildman–Crippen LogP) is 2.52. The van der Waals surface area contributed by atoms with Crippen LogP contribution in [0.1, 0.15) is 35.7 Å². The van der Waals surface area contributed by atoms with E-state index in [9.17, 15) is 0 Å². The second kappa shape index (κ2) is 8.68. The minimum Gasteiger partial charge on any atom is -0.485 e. The fourth-order valence-corrected chi connectivity index (χ4v) is 6.13. The molecule has 8 nitrogen and oxygen atoms in total. The molecule has 0 atom stereocenters. The first-order valence-corrected chi connectivity index (χ1v) is 12.9. The maximum Gasteiger partial charge on any atom is 0.164 e. The van der Waals surface area contributed by atoms with Crippen LogP contribution < -0.4 is 20.3 Å². The molecule has 2 aromatic heterocycles. The van der Waals surface area contributed by atoms with Crippen molar-refractivity contribution in [2.45, 2.75) is 38.3 Å². The van der Waals surface area contributed by atoms with E-state index < -0.39 is 0 Å². The Bertz CT molecular complexity index is 985. The van der Waals surface area contributed by atoms with E-state index >= 15 is 0 Å². The number of nitrogens with zero attached hydrogens (tertiary/aromatic N) is 5. The van der Waals surface area contributed by atoms with Gasteiger partial charge in [-0.05, 0) is 38.9 Å². The molecule has 3 saturated heterocycles. The third-order valence-electron chi connectivity index (χ3n) is 7.23. The molecule has 0 radical (unpaired) electrons. The number of piperidine rings is 1. The predicted molar refractivity (Wildman–Crippen MR) is 128 cm³/mol. The van der Waals surface area contributed by atoms with Crippen molar-refractivity contribution in [3.63, 3.8) is 0 Å². The molecule has 32 heavy (non-hydrogen) atoms. The van der Waals surface area contributed by atoms with E-state index in [1.807, 2.05) is 11.8 Å². The molecule has 2 N–H and O–H groups in total. The van der Waals surface area contributed by atoms with Crippen molar-refractivity contribution in [1.29, 1.82) is 0 Å². The number of rotatable bonds is 3. The largest absolute Gasteiger partial charge is 0.485 e. The Kier molecular flexibility index (Phi) is 5.56. The number of anilines is 3. The third kappa shape index (κ3) is 3.80. The summed E-state index contributed by atoms with van der Waals surface area (Å²) in [6, 6.07) is 2.93. The van der Waals surface area contributed by atoms with Crippen molar-refractivity contribution >= 4 is 29.1 Å². The van der Waals surface area contributed by atoms with E-state index in [0.29, 0.717) is 12.5 Å². The van der Waals surface area contributed by atoms with Crippen LogP contribution in [0.4, 0.5) is 17.3 Å². The van der Waals surface area contributed by atoms with Crippen LogP contribution in [0.15, 0.2) is 12.4 Å². The molecule has 0 aliphatic carbocycles. The fourth-order valence-electron chi connectivity index (χ4n) is 5.22. The standard InChI is InChI=1S/C23H31N7OS/c1-15-21-20(10-19(27-15)16-2-4-29(5-3-16)17-11-24-12-17)28-22-18(13-31-21)23(26-14-25-22)30-6-8-32-9-7-30/h10,14,16-17,24H,2-9,11-13H2,1H3,(H,25,26,28). The number of ether oxygens (including phenoxy) is 1. The minimum absolute atomic E-state index is 0.463. The number of aromatic nitrogens is 3. The molecule has 9 heteroatoms. The average Bonchev–Trinajstić information content (AvgIpc) is 2.98. The molecular formula is C23H31N7OS. The Balaban J connectivity index is 1.25. The van der Waals surface area contributed by atoms with E-state index in [0.717, 1.165) is 91.1 Å². The van der Waals surface area contributed by atoms with Crippen LogP contribution in [0.2, 0.25) is 0 Å². The highest BCUT2D eigenvalue weighted by atomic mass is 32.2. The van der Waals surface area contributed by atoms with Gasteiger partial charge in [0.25, 0.3) is 0 Å². The molecule has 170 valence electrons. The number of aryl methyl sites for hydroxylation is 1. The zero-order valence-corrected chi connectivity index (χ0v) is 19.5. The lowest BCUT2D eigenvalue weighted by atomic mass is 9.91. The maximum absolute atomic E-state index is 6.30. The van der Waals surface area contributed by atoms with Crippen LogP contribution in [0.5, 0.6) is 5.75 Å². The van der Waals surface area contributed by atoms with Gasteiger partial charge in [-0.1, -0.05) is 0 Å². The first kappa shape index (κ1) is 20.5. The number of likely N-dealkylation sites (tertiary alicyclic amines) is 1. The smallest absolute Gasteiger partial charge is 0.164 e. The van der Waals surface area contributed by atoms with Gasteiger partial charge >= 0.3 is 0 Å². The Morgan fingerprint density at radius 1 is 1.09 bits per heavy atom. The van der Waals surface area contributed by atoms with Gasteiger partial charge in [-0.2, -0.15) is 11.8 Å². The molecule has 3 fully saturated rings. The van der Waals surface area contributed by atoms with Gasteiger partial charge in [-0.15, -0.1) is 0 Å². The van der Waals surface area contributed by atoms with Crippen LogP contribution in [-0.2, 0) is 6.61 Å². The Morgan fingerprint density at radius 2 is 1.91 bits per heavy atom. The van der Waals surface area contributed by atoms with E-state index in [-0.39, 0.29) is 0 Å². The summed E-state index contributed by atoms with van der Waals surface area (Å²) in [5.74, 6) is 5.46. The summed E-state index contributed by atoms with van der Waals surface area (Å²) in [6.45, 7) is 9.15. The number of fused-ring (bicyclic) bond motifs is 2. The van der Waals surface area contributed by atoms with Gasteiger partial charge in [0.2, 0.25) is 0 Å². The zero-order chi connectivity index (χ0) is 21.5. The fraction of sp³-hybridized carbons (Fsp3) is 0.609. The van der Waals surface area contributed by atoms with Gasteiger partial charge in [-0.25, -0.2) is 9.97 Å². The monoisotopic (exact) mass is 453 g/mol. The minimum atomic E-state index is 0.463. The SMILES string of the molecule is Cc1nc(C2CCN(C3CNC3)CC2)cc2c1OCc1c(ncnc1N1CCSCC1)N2. The Hall–Kier alpha value is -2.10. The van der Waals surface area contributed by atoms with Gasteiger partial charge in [-0.3, -0.25) is 9.88 Å². The summed E-state index contributed by atoms with van der Waals surface area (Å²) in [5.41, 5.74) is 4.15. The van der Waals surface area contributed by atoms with Gasteiger partial charge < -0.3 is 20.3 Å². The molecular weight excluding hydrogens is 422 g/mol.